The van der Waals surface area contributed by atoms with Crippen molar-refractivity contribution in [3.8, 4) is 11.5 Å². The van der Waals surface area contributed by atoms with Gasteiger partial charge in [0.05, 0.1) is 31.2 Å². The van der Waals surface area contributed by atoms with E-state index in [0.717, 1.165) is 6.07 Å². The van der Waals surface area contributed by atoms with Gasteiger partial charge < -0.3 is 19.1 Å². The van der Waals surface area contributed by atoms with Crippen molar-refractivity contribution in [1.82, 2.24) is 0 Å². The predicted molar refractivity (Wildman–Crippen MR) is 124 cm³/mol. The molecule has 4 rings (SSSR count). The molecular weight excluding hydrogens is 463 g/mol. The first kappa shape index (κ1) is 24.4. The van der Waals surface area contributed by atoms with Crippen molar-refractivity contribution in [3.05, 3.63) is 65.0 Å². The molecule has 35 heavy (non-hydrogen) atoms. The highest BCUT2D eigenvalue weighted by Crippen LogP contribution is 2.46. The second kappa shape index (κ2) is 9.85. The lowest BCUT2D eigenvalue weighted by Gasteiger charge is -2.19. The standard InChI is InChI=1S/C26H24F3NO5/c1-4-33-21(31)11-15-9-10-16(12-20(15)27)30-13-19-22(25(30)32)24(34-14(2)3)18-8-6-5-7-17(18)23(19)35-26(28)29/h5-10,12,14,26H,4,11,13H2,1-3H3. The fraction of sp³-hybridized carbons (Fsp3) is 0.308. The average molecular weight is 487 g/mol. The smallest absolute Gasteiger partial charge is 0.387 e. The molecular formula is C26H24F3NO5. The Kier molecular flexibility index (Phi) is 6.86. The summed E-state index contributed by atoms with van der Waals surface area (Å²) in [5.41, 5.74) is 0.663. The number of esters is 1. The molecule has 0 saturated heterocycles. The van der Waals surface area contributed by atoms with Crippen LogP contribution in [0.1, 0.15) is 42.3 Å². The van der Waals surface area contributed by atoms with Gasteiger partial charge in [0.1, 0.15) is 17.3 Å². The molecule has 1 amide bonds. The Morgan fingerprint density at radius 3 is 2.34 bits per heavy atom. The summed E-state index contributed by atoms with van der Waals surface area (Å²) in [5.74, 6) is -1.64. The lowest BCUT2D eigenvalue weighted by Crippen LogP contribution is -2.24. The molecule has 1 aliphatic heterocycles. The van der Waals surface area contributed by atoms with E-state index in [2.05, 4.69) is 0 Å². The minimum Gasteiger partial charge on any atom is -0.490 e. The first-order valence-electron chi connectivity index (χ1n) is 11.2. The lowest BCUT2D eigenvalue weighted by atomic mass is 9.99. The number of ether oxygens (including phenoxy) is 3. The maximum Gasteiger partial charge on any atom is 0.387 e. The molecule has 0 aromatic heterocycles. The number of rotatable bonds is 8. The van der Waals surface area contributed by atoms with Crippen molar-refractivity contribution in [3.63, 3.8) is 0 Å². The molecule has 0 N–H and O–H groups in total. The summed E-state index contributed by atoms with van der Waals surface area (Å²) in [7, 11) is 0. The lowest BCUT2D eigenvalue weighted by molar-refractivity contribution is -0.142. The van der Waals surface area contributed by atoms with Gasteiger partial charge in [-0.25, -0.2) is 4.39 Å². The first-order chi connectivity index (χ1) is 16.7. The van der Waals surface area contributed by atoms with E-state index in [4.69, 9.17) is 14.2 Å². The maximum atomic E-state index is 14.8. The van der Waals surface area contributed by atoms with E-state index in [0.29, 0.717) is 10.8 Å². The van der Waals surface area contributed by atoms with Crippen LogP contribution in [0.15, 0.2) is 42.5 Å². The van der Waals surface area contributed by atoms with Gasteiger partial charge in [0, 0.05) is 22.0 Å². The zero-order valence-electron chi connectivity index (χ0n) is 19.4. The van der Waals surface area contributed by atoms with Crippen LogP contribution in [-0.2, 0) is 22.5 Å². The third-order valence-corrected chi connectivity index (χ3v) is 5.54. The number of fused-ring (bicyclic) bond motifs is 2. The van der Waals surface area contributed by atoms with Crippen LogP contribution in [0.3, 0.4) is 0 Å². The molecule has 0 fully saturated rings. The van der Waals surface area contributed by atoms with Crippen LogP contribution < -0.4 is 14.4 Å². The third kappa shape index (κ3) is 4.76. The van der Waals surface area contributed by atoms with Gasteiger partial charge in [0.15, 0.2) is 0 Å². The van der Waals surface area contributed by atoms with E-state index >= 15 is 0 Å². The van der Waals surface area contributed by atoms with Crippen LogP contribution in [0, 0.1) is 5.82 Å². The topological polar surface area (TPSA) is 65.1 Å². The van der Waals surface area contributed by atoms with Crippen molar-refractivity contribution in [2.75, 3.05) is 11.5 Å². The Bertz CT molecular complexity index is 1290. The van der Waals surface area contributed by atoms with Crippen molar-refractivity contribution in [2.24, 2.45) is 0 Å². The fourth-order valence-corrected chi connectivity index (χ4v) is 4.17. The van der Waals surface area contributed by atoms with Crippen molar-refractivity contribution >= 4 is 28.3 Å². The van der Waals surface area contributed by atoms with Crippen LogP contribution in [0.25, 0.3) is 10.8 Å². The molecule has 0 aliphatic carbocycles. The Hall–Kier alpha value is -3.75. The Labute approximate surface area is 200 Å². The van der Waals surface area contributed by atoms with Gasteiger partial charge in [-0.3, -0.25) is 9.59 Å². The Morgan fingerprint density at radius 1 is 1.06 bits per heavy atom. The number of benzene rings is 3. The summed E-state index contributed by atoms with van der Waals surface area (Å²) in [6.07, 6.45) is -0.552. The molecule has 6 nitrogen and oxygen atoms in total. The fourth-order valence-electron chi connectivity index (χ4n) is 4.17. The highest BCUT2D eigenvalue weighted by molar-refractivity contribution is 6.16. The summed E-state index contributed by atoms with van der Waals surface area (Å²) < 4.78 is 57.2. The van der Waals surface area contributed by atoms with Gasteiger partial charge in [-0.1, -0.05) is 30.3 Å². The van der Waals surface area contributed by atoms with Gasteiger partial charge in [-0.15, -0.1) is 0 Å². The molecule has 0 saturated carbocycles. The number of nitrogens with zero attached hydrogens (tertiary/aromatic N) is 1. The number of hydrogen-bond donors (Lipinski definition) is 0. The molecule has 0 bridgehead atoms. The summed E-state index contributed by atoms with van der Waals surface area (Å²) in [5, 5.41) is 0.842. The molecule has 0 unspecified atom stereocenters. The van der Waals surface area contributed by atoms with Gasteiger partial charge in [-0.05, 0) is 38.5 Å². The third-order valence-electron chi connectivity index (χ3n) is 5.54. The van der Waals surface area contributed by atoms with Crippen LogP contribution in [0.5, 0.6) is 11.5 Å². The second-order valence-electron chi connectivity index (χ2n) is 8.25. The largest absolute Gasteiger partial charge is 0.490 e. The number of carbonyl (C=O) groups is 2. The second-order valence-corrected chi connectivity index (χ2v) is 8.25. The summed E-state index contributed by atoms with van der Waals surface area (Å²) in [6, 6.07) is 10.7. The average Bonchev–Trinajstić information content (AvgIpc) is 3.14. The molecule has 0 spiro atoms. The highest BCUT2D eigenvalue weighted by atomic mass is 19.3. The number of amides is 1. The van der Waals surface area contributed by atoms with Crippen molar-refractivity contribution in [2.45, 2.75) is 46.5 Å². The first-order valence-corrected chi connectivity index (χ1v) is 11.2. The molecule has 9 heteroatoms. The Balaban J connectivity index is 1.81. The van der Waals surface area contributed by atoms with Crippen LogP contribution in [0.4, 0.5) is 18.9 Å². The van der Waals surface area contributed by atoms with E-state index in [1.165, 1.54) is 17.0 Å². The zero-order chi connectivity index (χ0) is 25.3. The molecule has 1 heterocycles. The highest BCUT2D eigenvalue weighted by Gasteiger charge is 2.38. The molecule has 0 atom stereocenters. The summed E-state index contributed by atoms with van der Waals surface area (Å²) >= 11 is 0. The quantitative estimate of drug-likeness (QED) is 0.385. The van der Waals surface area contributed by atoms with E-state index in [9.17, 15) is 22.8 Å². The molecule has 184 valence electrons. The number of hydrogen-bond acceptors (Lipinski definition) is 5. The monoisotopic (exact) mass is 487 g/mol. The minimum atomic E-state index is -3.11. The number of alkyl halides is 2. The van der Waals surface area contributed by atoms with Crippen molar-refractivity contribution < 1.29 is 37.0 Å². The summed E-state index contributed by atoms with van der Waals surface area (Å²) in [6.45, 7) is 2.19. The Morgan fingerprint density at radius 2 is 1.74 bits per heavy atom. The molecule has 0 radical (unpaired) electrons. The molecule has 3 aromatic carbocycles. The number of anilines is 1. The van der Waals surface area contributed by atoms with E-state index in [1.54, 1.807) is 45.0 Å². The number of halogens is 3. The SMILES string of the molecule is CCOC(=O)Cc1ccc(N2Cc3c(c(OC(C)C)c4ccccc4c3OC(F)F)C2=O)cc1F. The maximum absolute atomic E-state index is 14.8. The van der Waals surface area contributed by atoms with Crippen molar-refractivity contribution in [1.29, 1.82) is 0 Å². The zero-order valence-corrected chi connectivity index (χ0v) is 19.4. The van der Waals surface area contributed by atoms with Crippen LogP contribution in [-0.4, -0.2) is 31.2 Å². The van der Waals surface area contributed by atoms with Gasteiger partial charge in [0.25, 0.3) is 5.91 Å². The summed E-state index contributed by atoms with van der Waals surface area (Å²) in [4.78, 5) is 26.5. The molecule has 3 aromatic rings. The van der Waals surface area contributed by atoms with Gasteiger partial charge in [-0.2, -0.15) is 8.78 Å². The van der Waals surface area contributed by atoms with E-state index < -0.39 is 24.3 Å². The van der Waals surface area contributed by atoms with Crippen LogP contribution >= 0.6 is 0 Å². The van der Waals surface area contributed by atoms with Gasteiger partial charge >= 0.3 is 12.6 Å². The van der Waals surface area contributed by atoms with Gasteiger partial charge in [0.2, 0.25) is 0 Å². The van der Waals surface area contributed by atoms with E-state index in [1.807, 2.05) is 0 Å². The molecule has 1 aliphatic rings. The minimum absolute atomic E-state index is 0.101. The van der Waals surface area contributed by atoms with Crippen LogP contribution in [0.2, 0.25) is 0 Å². The number of carbonyl (C=O) groups excluding carboxylic acids is 2. The normalized spacial score (nSPS) is 13.0. The predicted octanol–water partition coefficient (Wildman–Crippen LogP) is 5.63. The van der Waals surface area contributed by atoms with E-state index in [-0.39, 0.29) is 59.6 Å².